The highest BCUT2D eigenvalue weighted by atomic mass is 16.3. The second kappa shape index (κ2) is 5.42. The molecule has 2 rings (SSSR count). The van der Waals surface area contributed by atoms with E-state index >= 15 is 0 Å². The molecule has 1 aromatic heterocycles. The molecule has 2 heterocycles. The smallest absolute Gasteiger partial charge is 0.155 e. The van der Waals surface area contributed by atoms with Crippen LogP contribution in [0.1, 0.15) is 25.3 Å². The summed E-state index contributed by atoms with van der Waals surface area (Å²) in [5, 5.41) is 17.7. The predicted octanol–water partition coefficient (Wildman–Crippen LogP) is 0.533. The third-order valence-electron chi connectivity index (χ3n) is 3.52. The zero-order valence-electron chi connectivity index (χ0n) is 10.2. The van der Waals surface area contributed by atoms with Crippen molar-refractivity contribution in [2.75, 3.05) is 18.0 Å². The van der Waals surface area contributed by atoms with E-state index in [4.69, 9.17) is 5.73 Å². The van der Waals surface area contributed by atoms with E-state index in [1.165, 1.54) is 0 Å². The number of piperidine rings is 1. The number of rotatable bonds is 3. The van der Waals surface area contributed by atoms with Gasteiger partial charge in [-0.25, -0.2) is 0 Å². The molecular weight excluding hydrogens is 216 g/mol. The van der Waals surface area contributed by atoms with Crippen LogP contribution in [-0.4, -0.2) is 34.5 Å². The standard InChI is InChI=1S/C12H20N4O/c1-9(17)10-3-6-16(7-4-10)12-11(8-13)2-5-14-15-12/h2,5,9-10,17H,3-4,6-8,13H2,1H3. The number of anilines is 1. The molecule has 0 saturated carbocycles. The number of nitrogens with zero attached hydrogens (tertiary/aromatic N) is 3. The van der Waals surface area contributed by atoms with Crippen LogP contribution in [0.25, 0.3) is 0 Å². The number of aliphatic hydroxyl groups is 1. The molecule has 1 atom stereocenters. The van der Waals surface area contributed by atoms with Gasteiger partial charge in [-0.1, -0.05) is 0 Å². The van der Waals surface area contributed by atoms with E-state index in [9.17, 15) is 5.11 Å². The Bertz CT molecular complexity index is 361. The topological polar surface area (TPSA) is 75.3 Å². The maximum Gasteiger partial charge on any atom is 0.155 e. The van der Waals surface area contributed by atoms with Gasteiger partial charge in [-0.05, 0) is 31.7 Å². The minimum atomic E-state index is -0.215. The van der Waals surface area contributed by atoms with Gasteiger partial charge in [-0.3, -0.25) is 0 Å². The monoisotopic (exact) mass is 236 g/mol. The summed E-state index contributed by atoms with van der Waals surface area (Å²) in [6, 6.07) is 1.92. The normalized spacial score (nSPS) is 19.4. The zero-order valence-corrected chi connectivity index (χ0v) is 10.2. The molecule has 1 saturated heterocycles. The van der Waals surface area contributed by atoms with Gasteiger partial charge >= 0.3 is 0 Å². The van der Waals surface area contributed by atoms with Crippen LogP contribution in [0.4, 0.5) is 5.82 Å². The van der Waals surface area contributed by atoms with Crippen LogP contribution >= 0.6 is 0 Å². The first-order chi connectivity index (χ1) is 8.22. The van der Waals surface area contributed by atoms with Crippen LogP contribution in [0.3, 0.4) is 0 Å². The van der Waals surface area contributed by atoms with Crippen LogP contribution in [0.5, 0.6) is 0 Å². The molecule has 0 aromatic carbocycles. The first-order valence-electron chi connectivity index (χ1n) is 6.16. The number of nitrogens with two attached hydrogens (primary N) is 1. The summed E-state index contributed by atoms with van der Waals surface area (Å²) < 4.78 is 0. The maximum atomic E-state index is 9.57. The fraction of sp³-hybridized carbons (Fsp3) is 0.667. The van der Waals surface area contributed by atoms with Gasteiger partial charge in [0.2, 0.25) is 0 Å². The Balaban J connectivity index is 2.05. The van der Waals surface area contributed by atoms with Crippen molar-refractivity contribution >= 4 is 5.82 Å². The summed E-state index contributed by atoms with van der Waals surface area (Å²) in [5.41, 5.74) is 6.74. The average Bonchev–Trinajstić information content (AvgIpc) is 2.39. The molecule has 0 spiro atoms. The van der Waals surface area contributed by atoms with Crippen molar-refractivity contribution in [2.45, 2.75) is 32.4 Å². The minimum absolute atomic E-state index is 0.215. The molecule has 94 valence electrons. The fourth-order valence-corrected chi connectivity index (χ4v) is 2.37. The lowest BCUT2D eigenvalue weighted by Crippen LogP contribution is -2.38. The molecule has 1 aromatic rings. The summed E-state index contributed by atoms with van der Waals surface area (Å²) in [4.78, 5) is 2.22. The third-order valence-corrected chi connectivity index (χ3v) is 3.52. The van der Waals surface area contributed by atoms with Crippen molar-refractivity contribution < 1.29 is 5.11 Å². The van der Waals surface area contributed by atoms with Gasteiger partial charge in [0.15, 0.2) is 5.82 Å². The van der Waals surface area contributed by atoms with E-state index in [0.717, 1.165) is 37.3 Å². The van der Waals surface area contributed by atoms with Crippen LogP contribution < -0.4 is 10.6 Å². The van der Waals surface area contributed by atoms with Crippen molar-refractivity contribution in [3.8, 4) is 0 Å². The highest BCUT2D eigenvalue weighted by molar-refractivity contribution is 5.45. The lowest BCUT2D eigenvalue weighted by atomic mass is 9.92. The molecule has 1 aliphatic rings. The van der Waals surface area contributed by atoms with Crippen LogP contribution in [0.15, 0.2) is 12.3 Å². The molecule has 1 fully saturated rings. The predicted molar refractivity (Wildman–Crippen MR) is 66.5 cm³/mol. The molecule has 1 unspecified atom stereocenters. The maximum absolute atomic E-state index is 9.57. The Hall–Kier alpha value is -1.20. The van der Waals surface area contributed by atoms with Gasteiger partial charge in [0.25, 0.3) is 0 Å². The van der Waals surface area contributed by atoms with Gasteiger partial charge in [-0.2, -0.15) is 5.10 Å². The molecule has 5 nitrogen and oxygen atoms in total. The van der Waals surface area contributed by atoms with E-state index in [1.54, 1.807) is 6.20 Å². The molecule has 0 bridgehead atoms. The lowest BCUT2D eigenvalue weighted by Gasteiger charge is -2.34. The van der Waals surface area contributed by atoms with E-state index in [1.807, 2.05) is 13.0 Å². The van der Waals surface area contributed by atoms with Crippen LogP contribution in [0.2, 0.25) is 0 Å². The largest absolute Gasteiger partial charge is 0.393 e. The second-order valence-corrected chi connectivity index (χ2v) is 4.65. The SMILES string of the molecule is CC(O)C1CCN(c2nnccc2CN)CC1. The number of hydrogen-bond acceptors (Lipinski definition) is 5. The second-order valence-electron chi connectivity index (χ2n) is 4.65. The molecule has 0 aliphatic carbocycles. The summed E-state index contributed by atoms with van der Waals surface area (Å²) >= 11 is 0. The average molecular weight is 236 g/mol. The van der Waals surface area contributed by atoms with E-state index in [-0.39, 0.29) is 6.10 Å². The van der Waals surface area contributed by atoms with Crippen LogP contribution in [0, 0.1) is 5.92 Å². The van der Waals surface area contributed by atoms with Crippen molar-refractivity contribution in [1.29, 1.82) is 0 Å². The van der Waals surface area contributed by atoms with Gasteiger partial charge < -0.3 is 15.7 Å². The number of aromatic nitrogens is 2. The Labute approximate surface area is 102 Å². The molecule has 0 amide bonds. The zero-order chi connectivity index (χ0) is 12.3. The first-order valence-corrected chi connectivity index (χ1v) is 6.16. The quantitative estimate of drug-likeness (QED) is 0.801. The summed E-state index contributed by atoms with van der Waals surface area (Å²) in [7, 11) is 0. The van der Waals surface area contributed by atoms with Gasteiger partial charge in [0.1, 0.15) is 0 Å². The Kier molecular flexibility index (Phi) is 3.91. The number of hydrogen-bond donors (Lipinski definition) is 2. The van der Waals surface area contributed by atoms with Gasteiger partial charge in [0, 0.05) is 25.2 Å². The van der Waals surface area contributed by atoms with Crippen molar-refractivity contribution in [3.05, 3.63) is 17.8 Å². The van der Waals surface area contributed by atoms with E-state index in [0.29, 0.717) is 12.5 Å². The highest BCUT2D eigenvalue weighted by Gasteiger charge is 2.24. The van der Waals surface area contributed by atoms with Crippen molar-refractivity contribution in [3.63, 3.8) is 0 Å². The molecule has 1 aliphatic heterocycles. The molecule has 17 heavy (non-hydrogen) atoms. The van der Waals surface area contributed by atoms with Crippen molar-refractivity contribution in [1.82, 2.24) is 10.2 Å². The van der Waals surface area contributed by atoms with Crippen LogP contribution in [-0.2, 0) is 6.54 Å². The first kappa shape index (κ1) is 12.3. The summed E-state index contributed by atoms with van der Waals surface area (Å²) in [5.74, 6) is 1.31. The lowest BCUT2D eigenvalue weighted by molar-refractivity contribution is 0.109. The van der Waals surface area contributed by atoms with Crippen molar-refractivity contribution in [2.24, 2.45) is 11.7 Å². The Morgan fingerprint density at radius 1 is 1.53 bits per heavy atom. The molecule has 0 radical (unpaired) electrons. The van der Waals surface area contributed by atoms with Gasteiger partial charge in [0.05, 0.1) is 12.3 Å². The molecule has 5 heteroatoms. The third kappa shape index (κ3) is 2.73. The van der Waals surface area contributed by atoms with E-state index < -0.39 is 0 Å². The Morgan fingerprint density at radius 3 is 2.82 bits per heavy atom. The fourth-order valence-electron chi connectivity index (χ4n) is 2.37. The summed E-state index contributed by atoms with van der Waals surface area (Å²) in [6.07, 6.45) is 3.46. The molecule has 3 N–H and O–H groups in total. The highest BCUT2D eigenvalue weighted by Crippen LogP contribution is 2.25. The Morgan fingerprint density at radius 2 is 2.24 bits per heavy atom. The summed E-state index contributed by atoms with van der Waals surface area (Å²) in [6.45, 7) is 4.19. The number of aliphatic hydroxyl groups excluding tert-OH is 1. The molecular formula is C12H20N4O. The van der Waals surface area contributed by atoms with Gasteiger partial charge in [-0.15, -0.1) is 5.10 Å². The minimum Gasteiger partial charge on any atom is -0.393 e. The van der Waals surface area contributed by atoms with E-state index in [2.05, 4.69) is 15.1 Å².